The number of carbonyl (C=O) groups is 1. The normalized spacial score (nSPS) is 9.64. The van der Waals surface area contributed by atoms with Crippen LogP contribution in [0.25, 0.3) is 0 Å². The number of rotatable bonds is 3. The number of hydrogen-bond acceptors (Lipinski definition) is 3. The number of nitrogens with one attached hydrogen (secondary N) is 1. The van der Waals surface area contributed by atoms with Crippen LogP contribution in [0.5, 0.6) is 5.75 Å². The maximum Gasteiger partial charge on any atom is 0.234 e. The molecule has 0 unspecified atom stereocenters. The van der Waals surface area contributed by atoms with E-state index in [9.17, 15) is 4.79 Å². The molecule has 0 fully saturated rings. The molecule has 0 aliphatic carbocycles. The zero-order valence-corrected chi connectivity index (χ0v) is 9.23. The van der Waals surface area contributed by atoms with Gasteiger partial charge in [-0.3, -0.25) is 4.79 Å². The van der Waals surface area contributed by atoms with Crippen molar-refractivity contribution in [2.75, 3.05) is 18.2 Å². The first-order valence-corrected chi connectivity index (χ1v) is 4.92. The molecule has 0 bridgehead atoms. The largest absolute Gasteiger partial charge is 0.497 e. The zero-order valence-electron chi connectivity index (χ0n) is 7.58. The summed E-state index contributed by atoms with van der Waals surface area (Å²) in [4.78, 5) is 11.0. The van der Waals surface area contributed by atoms with Crippen LogP contribution >= 0.6 is 24.2 Å². The highest BCUT2D eigenvalue weighted by Gasteiger charge is 2.04. The minimum atomic E-state index is -0.194. The summed E-state index contributed by atoms with van der Waals surface area (Å²) >= 11 is 9.73. The minimum Gasteiger partial charge on any atom is -0.497 e. The van der Waals surface area contributed by atoms with Gasteiger partial charge in [0.15, 0.2) is 0 Å². The molecule has 3 nitrogen and oxygen atoms in total. The Morgan fingerprint density at radius 3 is 2.86 bits per heavy atom. The first-order valence-electron chi connectivity index (χ1n) is 3.91. The Balaban J connectivity index is 2.83. The van der Waals surface area contributed by atoms with Crippen LogP contribution in [0, 0.1) is 0 Å². The fourth-order valence-corrected chi connectivity index (χ4v) is 1.21. The van der Waals surface area contributed by atoms with E-state index in [1.54, 1.807) is 25.3 Å². The summed E-state index contributed by atoms with van der Waals surface area (Å²) in [6, 6.07) is 5.04. The SMILES string of the molecule is COc1ccc(NC(=O)CS)c(Cl)c1. The van der Waals surface area contributed by atoms with Crippen molar-refractivity contribution in [1.82, 2.24) is 0 Å². The minimum absolute atomic E-state index is 0.127. The maximum atomic E-state index is 11.0. The number of benzene rings is 1. The zero-order chi connectivity index (χ0) is 10.6. The topological polar surface area (TPSA) is 38.3 Å². The summed E-state index contributed by atoms with van der Waals surface area (Å²) in [5.74, 6) is 0.585. The number of amides is 1. The van der Waals surface area contributed by atoms with E-state index in [0.29, 0.717) is 16.5 Å². The van der Waals surface area contributed by atoms with Crippen LogP contribution in [-0.2, 0) is 4.79 Å². The van der Waals surface area contributed by atoms with Crippen LogP contribution in [-0.4, -0.2) is 18.8 Å². The summed E-state index contributed by atoms with van der Waals surface area (Å²) in [5, 5.41) is 3.05. The van der Waals surface area contributed by atoms with Crippen LogP contribution < -0.4 is 10.1 Å². The Labute approximate surface area is 92.8 Å². The van der Waals surface area contributed by atoms with Gasteiger partial charge in [0, 0.05) is 6.07 Å². The second kappa shape index (κ2) is 5.12. The van der Waals surface area contributed by atoms with Crippen molar-refractivity contribution >= 4 is 35.8 Å². The summed E-state index contributed by atoms with van der Waals surface area (Å²) in [5.41, 5.74) is 0.562. The summed E-state index contributed by atoms with van der Waals surface area (Å²) in [6.07, 6.45) is 0. The lowest BCUT2D eigenvalue weighted by Crippen LogP contribution is -2.12. The van der Waals surface area contributed by atoms with Gasteiger partial charge in [-0.1, -0.05) is 11.6 Å². The molecule has 1 aromatic carbocycles. The van der Waals surface area contributed by atoms with Crippen molar-refractivity contribution < 1.29 is 9.53 Å². The molecular formula is C9H10ClNO2S. The number of methoxy groups -OCH3 is 1. The van der Waals surface area contributed by atoms with Crippen LogP contribution in [0.4, 0.5) is 5.69 Å². The lowest BCUT2D eigenvalue weighted by atomic mass is 10.3. The molecule has 1 N–H and O–H groups in total. The molecule has 0 aromatic heterocycles. The third-order valence-corrected chi connectivity index (χ3v) is 2.19. The second-order valence-electron chi connectivity index (χ2n) is 2.55. The molecule has 0 heterocycles. The predicted octanol–water partition coefficient (Wildman–Crippen LogP) is 2.22. The van der Waals surface area contributed by atoms with E-state index in [4.69, 9.17) is 16.3 Å². The third kappa shape index (κ3) is 2.82. The van der Waals surface area contributed by atoms with Crippen LogP contribution in [0.2, 0.25) is 5.02 Å². The smallest absolute Gasteiger partial charge is 0.234 e. The Kier molecular flexibility index (Phi) is 4.10. The molecule has 1 aromatic rings. The quantitative estimate of drug-likeness (QED) is 0.783. The fraction of sp³-hybridized carbons (Fsp3) is 0.222. The molecule has 0 spiro atoms. The maximum absolute atomic E-state index is 11.0. The molecule has 0 aliphatic heterocycles. The van der Waals surface area contributed by atoms with Crippen molar-refractivity contribution in [1.29, 1.82) is 0 Å². The van der Waals surface area contributed by atoms with Gasteiger partial charge in [-0.05, 0) is 12.1 Å². The van der Waals surface area contributed by atoms with Gasteiger partial charge < -0.3 is 10.1 Å². The highest BCUT2D eigenvalue weighted by atomic mass is 35.5. The fourth-order valence-electron chi connectivity index (χ4n) is 0.914. The number of carbonyl (C=O) groups excluding carboxylic acids is 1. The van der Waals surface area contributed by atoms with E-state index in [1.165, 1.54) is 0 Å². The first-order chi connectivity index (χ1) is 6.67. The van der Waals surface area contributed by atoms with E-state index < -0.39 is 0 Å². The van der Waals surface area contributed by atoms with Crippen molar-refractivity contribution in [2.24, 2.45) is 0 Å². The lowest BCUT2D eigenvalue weighted by molar-refractivity contribution is -0.113. The molecule has 1 rings (SSSR count). The lowest BCUT2D eigenvalue weighted by Gasteiger charge is -2.07. The number of ether oxygens (including phenoxy) is 1. The standard InChI is InChI=1S/C9H10ClNO2S/c1-13-6-2-3-8(7(10)4-6)11-9(12)5-14/h2-4,14H,5H2,1H3,(H,11,12). The molecule has 0 saturated heterocycles. The highest BCUT2D eigenvalue weighted by Crippen LogP contribution is 2.26. The van der Waals surface area contributed by atoms with Gasteiger partial charge in [-0.25, -0.2) is 0 Å². The molecule has 0 aliphatic rings. The Bertz CT molecular complexity index is 344. The molecular weight excluding hydrogens is 222 g/mol. The Morgan fingerprint density at radius 2 is 2.36 bits per heavy atom. The predicted molar refractivity (Wildman–Crippen MR) is 60.5 cm³/mol. The van der Waals surface area contributed by atoms with Gasteiger partial charge in [-0.15, -0.1) is 0 Å². The van der Waals surface area contributed by atoms with Gasteiger partial charge in [0.2, 0.25) is 5.91 Å². The molecule has 0 radical (unpaired) electrons. The van der Waals surface area contributed by atoms with Crippen molar-refractivity contribution in [3.8, 4) is 5.75 Å². The number of thiol groups is 1. The van der Waals surface area contributed by atoms with Gasteiger partial charge in [0.25, 0.3) is 0 Å². The Morgan fingerprint density at radius 1 is 1.64 bits per heavy atom. The molecule has 0 atom stereocenters. The van der Waals surface area contributed by atoms with E-state index in [1.807, 2.05) is 0 Å². The third-order valence-electron chi connectivity index (χ3n) is 1.59. The van der Waals surface area contributed by atoms with E-state index >= 15 is 0 Å². The molecule has 14 heavy (non-hydrogen) atoms. The first kappa shape index (κ1) is 11.2. The summed E-state index contributed by atoms with van der Waals surface area (Å²) < 4.78 is 4.97. The molecule has 76 valence electrons. The van der Waals surface area contributed by atoms with Crippen molar-refractivity contribution in [3.63, 3.8) is 0 Å². The highest BCUT2D eigenvalue weighted by molar-refractivity contribution is 7.81. The average molecular weight is 232 g/mol. The summed E-state index contributed by atoms with van der Waals surface area (Å²) in [6.45, 7) is 0. The average Bonchev–Trinajstić information content (AvgIpc) is 2.20. The van der Waals surface area contributed by atoms with Crippen LogP contribution in [0.1, 0.15) is 0 Å². The van der Waals surface area contributed by atoms with Gasteiger partial charge >= 0.3 is 0 Å². The van der Waals surface area contributed by atoms with E-state index in [0.717, 1.165) is 0 Å². The van der Waals surface area contributed by atoms with Crippen molar-refractivity contribution in [2.45, 2.75) is 0 Å². The monoisotopic (exact) mass is 231 g/mol. The number of anilines is 1. The van der Waals surface area contributed by atoms with Gasteiger partial charge in [0.05, 0.1) is 23.6 Å². The van der Waals surface area contributed by atoms with Gasteiger partial charge in [0.1, 0.15) is 5.75 Å². The van der Waals surface area contributed by atoms with E-state index in [2.05, 4.69) is 17.9 Å². The molecule has 1 amide bonds. The van der Waals surface area contributed by atoms with E-state index in [-0.39, 0.29) is 11.7 Å². The summed E-state index contributed by atoms with van der Waals surface area (Å²) in [7, 11) is 1.55. The molecule has 5 heteroatoms. The number of hydrogen-bond donors (Lipinski definition) is 2. The van der Waals surface area contributed by atoms with Crippen LogP contribution in [0.15, 0.2) is 18.2 Å². The molecule has 0 saturated carbocycles. The Hall–Kier alpha value is -0.870. The second-order valence-corrected chi connectivity index (χ2v) is 3.28. The number of halogens is 1. The van der Waals surface area contributed by atoms with Crippen molar-refractivity contribution in [3.05, 3.63) is 23.2 Å². The van der Waals surface area contributed by atoms with Crippen LogP contribution in [0.3, 0.4) is 0 Å². The van der Waals surface area contributed by atoms with Gasteiger partial charge in [-0.2, -0.15) is 12.6 Å².